The van der Waals surface area contributed by atoms with Crippen LogP contribution in [0.3, 0.4) is 0 Å². The van der Waals surface area contributed by atoms with E-state index < -0.39 is 0 Å². The van der Waals surface area contributed by atoms with E-state index in [9.17, 15) is 0 Å². The number of hydrogen-bond acceptors (Lipinski definition) is 3. The van der Waals surface area contributed by atoms with Crippen LogP contribution in [-0.2, 0) is 5.41 Å². The van der Waals surface area contributed by atoms with Crippen LogP contribution in [0.15, 0.2) is 194 Å². The molecular formula is C54H38N4. The number of para-hydroxylation sites is 1. The smallest absolute Gasteiger partial charge is 0.164 e. The first-order valence-corrected chi connectivity index (χ1v) is 19.9. The highest BCUT2D eigenvalue weighted by atomic mass is 15.0. The first-order chi connectivity index (χ1) is 28.5. The highest BCUT2D eigenvalue weighted by molar-refractivity contribution is 6.16. The van der Waals surface area contributed by atoms with Crippen molar-refractivity contribution in [2.75, 3.05) is 0 Å². The standard InChI is InChI=1S/C54H38N4/c1-54(2)46-26-13-12-22-42(46)43-24-14-23-41(50(43)54)39-32-33-47-45(34-39)49-44(25-15-27-48(49)58(47)40-20-10-5-11-21-40)53-56-51(37-18-8-4-9-19-37)55-52(57-53)38-30-28-36(29-31-38)35-16-6-3-7-17-35/h3-34H,1-2H3. The van der Waals surface area contributed by atoms with Crippen molar-refractivity contribution in [2.24, 2.45) is 0 Å². The Morgan fingerprint density at radius 1 is 0.379 bits per heavy atom. The second kappa shape index (κ2) is 13.4. The second-order valence-corrected chi connectivity index (χ2v) is 15.6. The molecule has 274 valence electrons. The lowest BCUT2D eigenvalue weighted by Crippen LogP contribution is -2.16. The van der Waals surface area contributed by atoms with Crippen LogP contribution in [0.5, 0.6) is 0 Å². The molecule has 0 saturated heterocycles. The largest absolute Gasteiger partial charge is 0.309 e. The first kappa shape index (κ1) is 33.9. The number of hydrogen-bond donors (Lipinski definition) is 0. The van der Waals surface area contributed by atoms with Crippen LogP contribution in [0.25, 0.3) is 95.0 Å². The second-order valence-electron chi connectivity index (χ2n) is 15.6. The molecule has 10 aromatic rings. The summed E-state index contributed by atoms with van der Waals surface area (Å²) < 4.78 is 2.37. The summed E-state index contributed by atoms with van der Waals surface area (Å²) in [5, 5.41) is 2.25. The zero-order valence-corrected chi connectivity index (χ0v) is 32.3. The molecule has 0 aliphatic heterocycles. The van der Waals surface area contributed by atoms with Gasteiger partial charge in [-0.15, -0.1) is 0 Å². The van der Waals surface area contributed by atoms with E-state index in [1.807, 2.05) is 24.3 Å². The van der Waals surface area contributed by atoms with Gasteiger partial charge in [0, 0.05) is 38.6 Å². The van der Waals surface area contributed by atoms with Gasteiger partial charge in [0.25, 0.3) is 0 Å². The van der Waals surface area contributed by atoms with E-state index >= 15 is 0 Å². The lowest BCUT2D eigenvalue weighted by Gasteiger charge is -2.24. The van der Waals surface area contributed by atoms with Gasteiger partial charge in [-0.1, -0.05) is 178 Å². The summed E-state index contributed by atoms with van der Waals surface area (Å²) in [5.74, 6) is 1.91. The molecule has 0 spiro atoms. The molecule has 1 aliphatic rings. The lowest BCUT2D eigenvalue weighted by atomic mass is 9.79. The average molecular weight is 743 g/mol. The van der Waals surface area contributed by atoms with E-state index in [-0.39, 0.29) is 5.41 Å². The lowest BCUT2D eigenvalue weighted by molar-refractivity contribution is 0.662. The molecule has 0 unspecified atom stereocenters. The van der Waals surface area contributed by atoms with Gasteiger partial charge in [0.2, 0.25) is 0 Å². The number of benzene rings is 8. The molecule has 2 aromatic heterocycles. The van der Waals surface area contributed by atoms with Gasteiger partial charge in [0.1, 0.15) is 0 Å². The number of rotatable bonds is 6. The monoisotopic (exact) mass is 742 g/mol. The quantitative estimate of drug-likeness (QED) is 0.170. The minimum atomic E-state index is -0.144. The molecule has 4 heteroatoms. The molecular weight excluding hydrogens is 705 g/mol. The summed E-state index contributed by atoms with van der Waals surface area (Å²) in [5.41, 5.74) is 16.2. The fraction of sp³-hybridized carbons (Fsp3) is 0.0556. The Labute approximate surface area is 337 Å². The van der Waals surface area contributed by atoms with Crippen LogP contribution in [0, 0.1) is 0 Å². The Bertz CT molecular complexity index is 3160. The van der Waals surface area contributed by atoms with E-state index in [2.05, 4.69) is 188 Å². The Kier molecular flexibility index (Phi) is 7.80. The van der Waals surface area contributed by atoms with Crippen molar-refractivity contribution >= 4 is 21.8 Å². The third kappa shape index (κ3) is 5.41. The normalized spacial score (nSPS) is 12.8. The maximum atomic E-state index is 5.28. The van der Waals surface area contributed by atoms with E-state index in [4.69, 9.17) is 15.0 Å². The highest BCUT2D eigenvalue weighted by Gasteiger charge is 2.37. The minimum absolute atomic E-state index is 0.144. The van der Waals surface area contributed by atoms with Crippen LogP contribution in [0.2, 0.25) is 0 Å². The molecule has 0 fully saturated rings. The molecule has 0 atom stereocenters. The Balaban J connectivity index is 1.15. The van der Waals surface area contributed by atoms with Crippen molar-refractivity contribution in [2.45, 2.75) is 19.3 Å². The molecule has 11 rings (SSSR count). The van der Waals surface area contributed by atoms with Gasteiger partial charge in [0.05, 0.1) is 11.0 Å². The van der Waals surface area contributed by atoms with E-state index in [1.54, 1.807) is 0 Å². The van der Waals surface area contributed by atoms with Crippen LogP contribution >= 0.6 is 0 Å². The summed E-state index contributed by atoms with van der Waals surface area (Å²) in [4.78, 5) is 15.6. The number of fused-ring (bicyclic) bond motifs is 6. The third-order valence-electron chi connectivity index (χ3n) is 11.9. The van der Waals surface area contributed by atoms with Crippen molar-refractivity contribution in [1.29, 1.82) is 0 Å². The zero-order valence-electron chi connectivity index (χ0n) is 32.3. The van der Waals surface area contributed by atoms with Crippen LogP contribution in [0.1, 0.15) is 25.0 Å². The topological polar surface area (TPSA) is 43.6 Å². The minimum Gasteiger partial charge on any atom is -0.309 e. The Morgan fingerprint density at radius 2 is 0.897 bits per heavy atom. The maximum Gasteiger partial charge on any atom is 0.164 e. The Morgan fingerprint density at radius 3 is 1.64 bits per heavy atom. The summed E-state index contributed by atoms with van der Waals surface area (Å²) in [6.45, 7) is 4.72. The van der Waals surface area contributed by atoms with Crippen LogP contribution < -0.4 is 0 Å². The molecule has 0 saturated carbocycles. The van der Waals surface area contributed by atoms with Crippen molar-refractivity contribution in [1.82, 2.24) is 19.5 Å². The molecule has 4 nitrogen and oxygen atoms in total. The Hall–Kier alpha value is -7.43. The van der Waals surface area contributed by atoms with E-state index in [1.165, 1.54) is 38.9 Å². The van der Waals surface area contributed by atoms with Crippen molar-refractivity contribution in [3.05, 3.63) is 205 Å². The molecule has 0 bridgehead atoms. The molecule has 0 radical (unpaired) electrons. The predicted molar refractivity (Wildman–Crippen MR) is 239 cm³/mol. The third-order valence-corrected chi connectivity index (χ3v) is 11.9. The predicted octanol–water partition coefficient (Wildman–Crippen LogP) is 13.6. The summed E-state index contributed by atoms with van der Waals surface area (Å²) in [7, 11) is 0. The molecule has 2 heterocycles. The van der Waals surface area contributed by atoms with Crippen LogP contribution in [-0.4, -0.2) is 19.5 Å². The van der Waals surface area contributed by atoms with Crippen molar-refractivity contribution in [3.8, 4) is 73.2 Å². The fourth-order valence-corrected chi connectivity index (χ4v) is 9.15. The summed E-state index contributed by atoms with van der Waals surface area (Å²) in [6, 6.07) is 68.9. The van der Waals surface area contributed by atoms with E-state index in [0.717, 1.165) is 49.7 Å². The van der Waals surface area contributed by atoms with Gasteiger partial charge < -0.3 is 4.57 Å². The molecule has 8 aromatic carbocycles. The molecule has 58 heavy (non-hydrogen) atoms. The van der Waals surface area contributed by atoms with Crippen molar-refractivity contribution in [3.63, 3.8) is 0 Å². The fourth-order valence-electron chi connectivity index (χ4n) is 9.15. The SMILES string of the molecule is CC1(C)c2ccccc2-c2cccc(-c3ccc4c(c3)c3c(-c5nc(-c6ccccc6)nc(-c6ccc(-c7ccccc7)cc6)n5)cccc3n4-c3ccccc3)c21. The average Bonchev–Trinajstić information content (AvgIpc) is 3.75. The number of aromatic nitrogens is 4. The van der Waals surface area contributed by atoms with Gasteiger partial charge in [-0.3, -0.25) is 0 Å². The molecule has 0 amide bonds. The van der Waals surface area contributed by atoms with E-state index in [0.29, 0.717) is 17.5 Å². The van der Waals surface area contributed by atoms with Gasteiger partial charge in [-0.05, 0) is 74.8 Å². The van der Waals surface area contributed by atoms with Gasteiger partial charge >= 0.3 is 0 Å². The van der Waals surface area contributed by atoms with Crippen molar-refractivity contribution < 1.29 is 0 Å². The van der Waals surface area contributed by atoms with Crippen LogP contribution in [0.4, 0.5) is 0 Å². The van der Waals surface area contributed by atoms with Gasteiger partial charge in [-0.2, -0.15) is 0 Å². The number of nitrogens with zero attached hydrogens (tertiary/aromatic N) is 4. The van der Waals surface area contributed by atoms with Gasteiger partial charge in [-0.25, -0.2) is 15.0 Å². The molecule has 0 N–H and O–H groups in total. The maximum absolute atomic E-state index is 5.28. The van der Waals surface area contributed by atoms with Gasteiger partial charge in [0.15, 0.2) is 17.5 Å². The highest BCUT2D eigenvalue weighted by Crippen LogP contribution is 2.52. The zero-order chi connectivity index (χ0) is 38.8. The molecule has 1 aliphatic carbocycles. The first-order valence-electron chi connectivity index (χ1n) is 19.9. The summed E-state index contributed by atoms with van der Waals surface area (Å²) >= 11 is 0. The summed E-state index contributed by atoms with van der Waals surface area (Å²) in [6.07, 6.45) is 0.